The van der Waals surface area contributed by atoms with E-state index in [0.29, 0.717) is 24.3 Å². The number of nitriles is 1. The smallest absolute Gasteiger partial charge is 0.221 e. The minimum absolute atomic E-state index is 0.105. The van der Waals surface area contributed by atoms with Crippen molar-refractivity contribution >= 4 is 17.3 Å². The summed E-state index contributed by atoms with van der Waals surface area (Å²) in [4.78, 5) is 11.0. The molecule has 1 aromatic rings. The molecule has 1 amide bonds. The van der Waals surface area contributed by atoms with Crippen molar-refractivity contribution in [3.8, 4) is 6.07 Å². The second kappa shape index (κ2) is 6.90. The van der Waals surface area contributed by atoms with Gasteiger partial charge in [-0.3, -0.25) is 4.79 Å². The maximum Gasteiger partial charge on any atom is 0.221 e. The van der Waals surface area contributed by atoms with Gasteiger partial charge in [-0.1, -0.05) is 13.8 Å². The van der Waals surface area contributed by atoms with Gasteiger partial charge in [0.1, 0.15) is 5.82 Å². The summed E-state index contributed by atoms with van der Waals surface area (Å²) in [7, 11) is 0. The molecular weight excluding hydrogens is 257 g/mol. The first kappa shape index (κ1) is 16.0. The zero-order valence-electron chi connectivity index (χ0n) is 12.1. The minimum Gasteiger partial charge on any atom is -0.382 e. The zero-order chi connectivity index (χ0) is 15.2. The Morgan fingerprint density at radius 1 is 1.45 bits per heavy atom. The lowest BCUT2D eigenvalue weighted by Crippen LogP contribution is -2.23. The molecule has 0 unspecified atom stereocenters. The fraction of sp³-hybridized carbons (Fsp3) is 0.467. The van der Waals surface area contributed by atoms with E-state index in [4.69, 9.17) is 5.26 Å². The maximum atomic E-state index is 13.7. The summed E-state index contributed by atoms with van der Waals surface area (Å²) in [5, 5.41) is 14.3. The first-order chi connectivity index (χ1) is 9.34. The number of hydrogen-bond donors (Lipinski definition) is 2. The highest BCUT2D eigenvalue weighted by Gasteiger charge is 2.18. The van der Waals surface area contributed by atoms with Crippen LogP contribution in [0.25, 0.3) is 0 Å². The third-order valence-electron chi connectivity index (χ3n) is 2.96. The van der Waals surface area contributed by atoms with E-state index in [9.17, 15) is 9.18 Å². The number of nitrogens with zero attached hydrogens (tertiary/aromatic N) is 1. The van der Waals surface area contributed by atoms with Crippen molar-refractivity contribution in [1.29, 1.82) is 5.26 Å². The van der Waals surface area contributed by atoms with Gasteiger partial charge in [0.05, 0.1) is 11.8 Å². The summed E-state index contributed by atoms with van der Waals surface area (Å²) in [6, 6.07) is 6.51. The SMILES string of the molecule is CC(=O)Nc1ccc(F)c(NCC(C)(C)CCC#N)c1. The van der Waals surface area contributed by atoms with Crippen LogP contribution in [0.15, 0.2) is 18.2 Å². The Morgan fingerprint density at radius 3 is 2.75 bits per heavy atom. The Labute approximate surface area is 119 Å². The number of nitrogens with one attached hydrogen (secondary N) is 2. The normalized spacial score (nSPS) is 10.8. The van der Waals surface area contributed by atoms with Crippen LogP contribution < -0.4 is 10.6 Å². The van der Waals surface area contributed by atoms with Crippen molar-refractivity contribution in [2.45, 2.75) is 33.6 Å². The standard InChI is InChI=1S/C15H20FN3O/c1-11(20)19-12-5-6-13(16)14(9-12)18-10-15(2,3)7-4-8-17/h5-6,9,18H,4,7,10H2,1-3H3,(H,19,20). The predicted octanol–water partition coefficient (Wildman–Crippen LogP) is 3.53. The molecule has 1 rings (SSSR count). The number of hydrogen-bond acceptors (Lipinski definition) is 3. The van der Waals surface area contributed by atoms with Crippen LogP contribution in [0.4, 0.5) is 15.8 Å². The van der Waals surface area contributed by atoms with E-state index in [1.54, 1.807) is 6.07 Å². The van der Waals surface area contributed by atoms with Gasteiger partial charge in [0, 0.05) is 25.6 Å². The van der Waals surface area contributed by atoms with Crippen molar-refractivity contribution in [2.24, 2.45) is 5.41 Å². The topological polar surface area (TPSA) is 64.9 Å². The quantitative estimate of drug-likeness (QED) is 0.836. The van der Waals surface area contributed by atoms with Crippen molar-refractivity contribution in [1.82, 2.24) is 0 Å². The molecule has 0 radical (unpaired) electrons. The van der Waals surface area contributed by atoms with E-state index >= 15 is 0 Å². The molecule has 108 valence electrons. The molecule has 0 saturated heterocycles. The lowest BCUT2D eigenvalue weighted by Gasteiger charge is -2.24. The summed E-state index contributed by atoms with van der Waals surface area (Å²) in [6.07, 6.45) is 1.21. The Morgan fingerprint density at radius 2 is 2.15 bits per heavy atom. The summed E-state index contributed by atoms with van der Waals surface area (Å²) >= 11 is 0. The number of halogens is 1. The van der Waals surface area contributed by atoms with Crippen LogP contribution in [0.2, 0.25) is 0 Å². The molecule has 0 spiro atoms. The molecule has 5 heteroatoms. The lowest BCUT2D eigenvalue weighted by atomic mass is 9.88. The van der Waals surface area contributed by atoms with Crippen LogP contribution in [0.1, 0.15) is 33.6 Å². The molecule has 4 nitrogen and oxygen atoms in total. The van der Waals surface area contributed by atoms with Crippen LogP contribution in [-0.4, -0.2) is 12.5 Å². The van der Waals surface area contributed by atoms with Gasteiger partial charge in [-0.25, -0.2) is 4.39 Å². The highest BCUT2D eigenvalue weighted by atomic mass is 19.1. The van der Waals surface area contributed by atoms with Gasteiger partial charge >= 0.3 is 0 Å². The van der Waals surface area contributed by atoms with E-state index in [1.807, 2.05) is 13.8 Å². The average Bonchev–Trinajstić information content (AvgIpc) is 2.36. The first-order valence-electron chi connectivity index (χ1n) is 6.52. The Hall–Kier alpha value is -2.09. The van der Waals surface area contributed by atoms with Crippen LogP contribution in [-0.2, 0) is 4.79 Å². The molecule has 0 aliphatic carbocycles. The second-order valence-electron chi connectivity index (χ2n) is 5.55. The zero-order valence-corrected chi connectivity index (χ0v) is 12.1. The van der Waals surface area contributed by atoms with Crippen LogP contribution in [0.5, 0.6) is 0 Å². The number of benzene rings is 1. The number of amides is 1. The van der Waals surface area contributed by atoms with Gasteiger partial charge in [0.2, 0.25) is 5.91 Å². The number of rotatable bonds is 6. The molecule has 0 aliphatic rings. The van der Waals surface area contributed by atoms with Crippen LogP contribution in [0, 0.1) is 22.6 Å². The third kappa shape index (κ3) is 5.27. The van der Waals surface area contributed by atoms with Gasteiger partial charge in [0.15, 0.2) is 0 Å². The van der Waals surface area contributed by atoms with Gasteiger partial charge in [-0.15, -0.1) is 0 Å². The Balaban J connectivity index is 2.72. The van der Waals surface area contributed by atoms with Crippen molar-refractivity contribution in [2.75, 3.05) is 17.2 Å². The van der Waals surface area contributed by atoms with Gasteiger partial charge in [-0.2, -0.15) is 5.26 Å². The first-order valence-corrected chi connectivity index (χ1v) is 6.52. The number of anilines is 2. The summed E-state index contributed by atoms with van der Waals surface area (Å²) < 4.78 is 13.7. The third-order valence-corrected chi connectivity index (χ3v) is 2.96. The summed E-state index contributed by atoms with van der Waals surface area (Å²) in [5.74, 6) is -0.563. The summed E-state index contributed by atoms with van der Waals surface area (Å²) in [6.45, 7) is 6.00. The molecular formula is C15H20FN3O. The van der Waals surface area contributed by atoms with E-state index in [-0.39, 0.29) is 17.1 Å². The molecule has 0 aromatic heterocycles. The molecule has 0 fully saturated rings. The molecule has 2 N–H and O–H groups in total. The van der Waals surface area contributed by atoms with E-state index in [2.05, 4.69) is 16.7 Å². The highest BCUT2D eigenvalue weighted by Crippen LogP contribution is 2.25. The molecule has 1 aromatic carbocycles. The molecule has 0 aliphatic heterocycles. The van der Waals surface area contributed by atoms with E-state index in [1.165, 1.54) is 19.1 Å². The molecule has 0 saturated carbocycles. The Kier molecular flexibility index (Phi) is 5.51. The van der Waals surface area contributed by atoms with Gasteiger partial charge in [-0.05, 0) is 30.0 Å². The fourth-order valence-electron chi connectivity index (χ4n) is 1.76. The average molecular weight is 277 g/mol. The highest BCUT2D eigenvalue weighted by molar-refractivity contribution is 5.89. The molecule has 20 heavy (non-hydrogen) atoms. The predicted molar refractivity (Wildman–Crippen MR) is 77.8 cm³/mol. The number of carbonyl (C=O) groups is 1. The maximum absolute atomic E-state index is 13.7. The Bertz CT molecular complexity index is 520. The molecule has 0 atom stereocenters. The van der Waals surface area contributed by atoms with Crippen LogP contribution in [0.3, 0.4) is 0 Å². The molecule has 0 heterocycles. The van der Waals surface area contributed by atoms with Crippen molar-refractivity contribution < 1.29 is 9.18 Å². The molecule has 0 bridgehead atoms. The largest absolute Gasteiger partial charge is 0.382 e. The lowest BCUT2D eigenvalue weighted by molar-refractivity contribution is -0.114. The minimum atomic E-state index is -0.366. The monoisotopic (exact) mass is 277 g/mol. The van der Waals surface area contributed by atoms with Crippen molar-refractivity contribution in [3.63, 3.8) is 0 Å². The number of carbonyl (C=O) groups excluding carboxylic acids is 1. The van der Waals surface area contributed by atoms with Gasteiger partial charge < -0.3 is 10.6 Å². The van der Waals surface area contributed by atoms with E-state index in [0.717, 1.165) is 6.42 Å². The second-order valence-corrected chi connectivity index (χ2v) is 5.55. The fourth-order valence-corrected chi connectivity index (χ4v) is 1.76. The van der Waals surface area contributed by atoms with Gasteiger partial charge in [0.25, 0.3) is 0 Å². The van der Waals surface area contributed by atoms with Crippen molar-refractivity contribution in [3.05, 3.63) is 24.0 Å². The van der Waals surface area contributed by atoms with E-state index < -0.39 is 0 Å². The summed E-state index contributed by atoms with van der Waals surface area (Å²) in [5.41, 5.74) is 0.795. The van der Waals surface area contributed by atoms with Crippen LogP contribution >= 0.6 is 0 Å².